The number of rotatable bonds is 7. The Morgan fingerprint density at radius 2 is 1.90 bits per heavy atom. The molecular formula is C21H24BrClN2O4. The quantitative estimate of drug-likeness (QED) is 0.494. The number of hydrogen-bond acceptors (Lipinski definition) is 4. The minimum Gasteiger partial charge on any atom is -0.478 e. The predicted molar refractivity (Wildman–Crippen MR) is 118 cm³/mol. The molecule has 0 aliphatic rings. The van der Waals surface area contributed by atoms with E-state index in [1.54, 1.807) is 39.0 Å². The molecule has 0 spiro atoms. The van der Waals surface area contributed by atoms with Crippen LogP contribution in [0.15, 0.2) is 46.9 Å². The monoisotopic (exact) mass is 482 g/mol. The summed E-state index contributed by atoms with van der Waals surface area (Å²) in [5.74, 6) is -1.04. The molecule has 6 nitrogen and oxygen atoms in total. The number of hydrogen-bond donors (Lipinski definition) is 3. The van der Waals surface area contributed by atoms with Gasteiger partial charge in [-0.15, -0.1) is 0 Å². The summed E-state index contributed by atoms with van der Waals surface area (Å²) < 4.78 is 6.02. The number of amides is 1. The number of anilines is 1. The zero-order valence-electron chi connectivity index (χ0n) is 16.5. The Morgan fingerprint density at radius 1 is 1.21 bits per heavy atom. The fourth-order valence-electron chi connectivity index (χ4n) is 2.66. The maximum atomic E-state index is 12.3. The Balaban J connectivity index is 2.18. The number of aromatic carboxylic acids is 1. The van der Waals surface area contributed by atoms with Gasteiger partial charge in [0, 0.05) is 21.7 Å². The number of carboxylic acid groups (broad SMARTS) is 1. The number of halogens is 2. The summed E-state index contributed by atoms with van der Waals surface area (Å²) >= 11 is 9.54. The molecule has 0 radical (unpaired) electrons. The number of carbonyl (C=O) groups excluding carboxylic acids is 1. The van der Waals surface area contributed by atoms with Crippen LogP contribution in [0.1, 0.15) is 36.7 Å². The molecule has 0 fully saturated rings. The molecule has 0 aliphatic carbocycles. The highest BCUT2D eigenvalue weighted by molar-refractivity contribution is 9.10. The molecule has 1 atom stereocenters. The molecule has 1 unspecified atom stereocenters. The van der Waals surface area contributed by atoms with E-state index in [9.17, 15) is 14.7 Å². The molecule has 1 amide bonds. The van der Waals surface area contributed by atoms with Gasteiger partial charge in [-0.2, -0.15) is 0 Å². The molecular weight excluding hydrogens is 460 g/mol. The third-order valence-corrected chi connectivity index (χ3v) is 4.76. The average Bonchev–Trinajstić information content (AvgIpc) is 2.60. The summed E-state index contributed by atoms with van der Waals surface area (Å²) in [6, 6.07) is 11.9. The van der Waals surface area contributed by atoms with Gasteiger partial charge in [-0.3, -0.25) is 0 Å². The van der Waals surface area contributed by atoms with Crippen molar-refractivity contribution in [2.24, 2.45) is 0 Å². The zero-order chi connectivity index (χ0) is 21.6. The number of alkyl carbamates (subject to hydrolysis) is 1. The maximum absolute atomic E-state index is 12.3. The van der Waals surface area contributed by atoms with Crippen molar-refractivity contribution in [1.29, 1.82) is 0 Å². The van der Waals surface area contributed by atoms with Gasteiger partial charge in [0.2, 0.25) is 0 Å². The topological polar surface area (TPSA) is 87.7 Å². The van der Waals surface area contributed by atoms with E-state index in [2.05, 4.69) is 26.6 Å². The molecule has 0 heterocycles. The van der Waals surface area contributed by atoms with Crippen molar-refractivity contribution in [3.63, 3.8) is 0 Å². The molecule has 0 bridgehead atoms. The first kappa shape index (κ1) is 23.0. The van der Waals surface area contributed by atoms with Gasteiger partial charge in [-0.05, 0) is 57.0 Å². The number of carboxylic acids is 1. The van der Waals surface area contributed by atoms with Crippen LogP contribution in [0.5, 0.6) is 0 Å². The van der Waals surface area contributed by atoms with Gasteiger partial charge in [0.25, 0.3) is 0 Å². The Kier molecular flexibility index (Phi) is 7.93. The van der Waals surface area contributed by atoms with Gasteiger partial charge < -0.3 is 20.5 Å². The van der Waals surface area contributed by atoms with E-state index in [0.29, 0.717) is 21.6 Å². The normalized spacial score (nSPS) is 12.2. The van der Waals surface area contributed by atoms with Gasteiger partial charge in [0.15, 0.2) is 0 Å². The Hall–Kier alpha value is -2.25. The van der Waals surface area contributed by atoms with Crippen LogP contribution in [0.2, 0.25) is 5.02 Å². The predicted octanol–water partition coefficient (Wildman–Crippen LogP) is 5.35. The second kappa shape index (κ2) is 9.98. The average molecular weight is 484 g/mol. The molecule has 29 heavy (non-hydrogen) atoms. The molecule has 3 N–H and O–H groups in total. The number of ether oxygens (including phenoxy) is 1. The molecule has 2 rings (SSSR count). The molecule has 2 aromatic carbocycles. The van der Waals surface area contributed by atoms with Gasteiger partial charge in [0.05, 0.1) is 11.6 Å². The number of nitrogens with one attached hydrogen (secondary N) is 2. The number of benzene rings is 2. The lowest BCUT2D eigenvalue weighted by Gasteiger charge is -2.25. The Labute approximate surface area is 183 Å². The fraction of sp³-hybridized carbons (Fsp3) is 0.333. The SMILES string of the molecule is CC(C)(C)OC(=O)NC(CNc1ccc(Br)cc1C(=O)O)Cc1ccccc1Cl. The first-order valence-corrected chi connectivity index (χ1v) is 10.2. The van der Waals surface area contributed by atoms with Crippen LogP contribution in [0.3, 0.4) is 0 Å². The maximum Gasteiger partial charge on any atom is 0.407 e. The fourth-order valence-corrected chi connectivity index (χ4v) is 3.23. The third-order valence-electron chi connectivity index (χ3n) is 3.90. The van der Waals surface area contributed by atoms with E-state index < -0.39 is 17.7 Å². The smallest absolute Gasteiger partial charge is 0.407 e. The Morgan fingerprint density at radius 3 is 2.52 bits per heavy atom. The summed E-state index contributed by atoms with van der Waals surface area (Å²) in [6.07, 6.45) is -0.101. The standard InChI is InChI=1S/C21H24BrClN2O4/c1-21(2,3)29-20(28)25-15(10-13-6-4-5-7-17(13)23)12-24-18-9-8-14(22)11-16(18)19(26)27/h4-9,11,15,24H,10,12H2,1-3H3,(H,25,28)(H,26,27). The first-order chi connectivity index (χ1) is 13.5. The van der Waals surface area contributed by atoms with Crippen LogP contribution in [0, 0.1) is 0 Å². The number of carbonyl (C=O) groups is 2. The lowest BCUT2D eigenvalue weighted by molar-refractivity contribution is 0.0506. The molecule has 0 saturated heterocycles. The van der Waals surface area contributed by atoms with Crippen LogP contribution < -0.4 is 10.6 Å². The largest absolute Gasteiger partial charge is 0.478 e. The van der Waals surface area contributed by atoms with E-state index in [0.717, 1.165) is 5.56 Å². The van der Waals surface area contributed by atoms with E-state index in [1.807, 2.05) is 18.2 Å². The second-order valence-electron chi connectivity index (χ2n) is 7.51. The molecule has 0 saturated carbocycles. The minimum absolute atomic E-state index is 0.133. The van der Waals surface area contributed by atoms with Gasteiger partial charge in [0.1, 0.15) is 5.60 Å². The van der Waals surface area contributed by atoms with Crippen molar-refractivity contribution in [3.8, 4) is 0 Å². The first-order valence-electron chi connectivity index (χ1n) is 9.05. The lowest BCUT2D eigenvalue weighted by Crippen LogP contribution is -2.44. The molecule has 0 aliphatic heterocycles. The van der Waals surface area contributed by atoms with Crippen molar-refractivity contribution in [2.75, 3.05) is 11.9 Å². The second-order valence-corrected chi connectivity index (χ2v) is 8.84. The van der Waals surface area contributed by atoms with Crippen LogP contribution in [0.4, 0.5) is 10.5 Å². The molecule has 8 heteroatoms. The van der Waals surface area contributed by atoms with Crippen molar-refractivity contribution in [3.05, 3.63) is 63.1 Å². The van der Waals surface area contributed by atoms with Crippen LogP contribution in [-0.4, -0.2) is 35.4 Å². The van der Waals surface area contributed by atoms with Crippen molar-refractivity contribution in [1.82, 2.24) is 5.32 Å². The van der Waals surface area contributed by atoms with E-state index in [-0.39, 0.29) is 18.2 Å². The van der Waals surface area contributed by atoms with Crippen LogP contribution >= 0.6 is 27.5 Å². The highest BCUT2D eigenvalue weighted by atomic mass is 79.9. The summed E-state index contributed by atoms with van der Waals surface area (Å²) in [7, 11) is 0. The summed E-state index contributed by atoms with van der Waals surface area (Å²) in [6.45, 7) is 5.64. The summed E-state index contributed by atoms with van der Waals surface area (Å²) in [5.41, 5.74) is 0.824. The zero-order valence-corrected chi connectivity index (χ0v) is 18.8. The highest BCUT2D eigenvalue weighted by Gasteiger charge is 2.21. The van der Waals surface area contributed by atoms with Crippen molar-refractivity contribution < 1.29 is 19.4 Å². The Bertz CT molecular complexity index is 883. The van der Waals surface area contributed by atoms with Crippen molar-refractivity contribution >= 4 is 45.3 Å². The van der Waals surface area contributed by atoms with E-state index in [4.69, 9.17) is 16.3 Å². The van der Waals surface area contributed by atoms with E-state index >= 15 is 0 Å². The minimum atomic E-state index is -1.04. The summed E-state index contributed by atoms with van der Waals surface area (Å²) in [5, 5.41) is 16.0. The van der Waals surface area contributed by atoms with E-state index in [1.165, 1.54) is 6.07 Å². The van der Waals surface area contributed by atoms with Crippen LogP contribution in [0.25, 0.3) is 0 Å². The van der Waals surface area contributed by atoms with Gasteiger partial charge >= 0.3 is 12.1 Å². The van der Waals surface area contributed by atoms with Crippen molar-refractivity contribution in [2.45, 2.75) is 38.8 Å². The lowest BCUT2D eigenvalue weighted by atomic mass is 10.1. The summed E-state index contributed by atoms with van der Waals surface area (Å²) in [4.78, 5) is 23.8. The van der Waals surface area contributed by atoms with Crippen LogP contribution in [-0.2, 0) is 11.2 Å². The third kappa shape index (κ3) is 7.59. The highest BCUT2D eigenvalue weighted by Crippen LogP contribution is 2.22. The molecule has 156 valence electrons. The van der Waals surface area contributed by atoms with Gasteiger partial charge in [-0.25, -0.2) is 9.59 Å². The van der Waals surface area contributed by atoms with Gasteiger partial charge in [-0.1, -0.05) is 45.7 Å². The molecule has 0 aromatic heterocycles. The molecule has 2 aromatic rings.